The fourth-order valence-electron chi connectivity index (χ4n) is 5.01. The number of rotatable bonds is 8. The van der Waals surface area contributed by atoms with Crippen LogP contribution in [-0.4, -0.2) is 74.7 Å². The number of aliphatic imine (C=N–C) groups is 2. The number of hydrogen-bond acceptors (Lipinski definition) is 9. The van der Waals surface area contributed by atoms with Crippen LogP contribution < -0.4 is 15.0 Å². The van der Waals surface area contributed by atoms with Gasteiger partial charge >= 0.3 is 0 Å². The van der Waals surface area contributed by atoms with E-state index in [2.05, 4.69) is 44.0 Å². The number of nitrogens with one attached hydrogen (secondary N) is 1. The van der Waals surface area contributed by atoms with E-state index in [1.54, 1.807) is 12.4 Å². The summed E-state index contributed by atoms with van der Waals surface area (Å²) in [6.07, 6.45) is 7.53. The number of benzene rings is 1. The minimum Gasteiger partial charge on any atom is -0.488 e. The number of hydrogen-bond donors (Lipinski definition) is 2. The van der Waals surface area contributed by atoms with Crippen LogP contribution in [0.25, 0.3) is 0 Å². The number of nitrogens with zero attached hydrogens (tertiary/aromatic N) is 4. The van der Waals surface area contributed by atoms with Crippen LogP contribution in [0.2, 0.25) is 0 Å². The van der Waals surface area contributed by atoms with E-state index in [4.69, 9.17) is 14.2 Å². The van der Waals surface area contributed by atoms with Crippen LogP contribution in [0.5, 0.6) is 5.75 Å². The van der Waals surface area contributed by atoms with Crippen LogP contribution in [0.3, 0.4) is 0 Å². The highest BCUT2D eigenvalue weighted by molar-refractivity contribution is 5.80. The predicted molar refractivity (Wildman–Crippen MR) is 142 cm³/mol. The molecule has 0 amide bonds. The Morgan fingerprint density at radius 1 is 1.17 bits per heavy atom. The summed E-state index contributed by atoms with van der Waals surface area (Å²) in [5, 5.41) is 14.0. The Morgan fingerprint density at radius 3 is 2.56 bits per heavy atom. The predicted octanol–water partition coefficient (Wildman–Crippen LogP) is 3.99. The lowest BCUT2D eigenvalue weighted by Gasteiger charge is -2.35. The number of anilines is 2. The molecule has 2 aliphatic heterocycles. The molecule has 0 unspecified atom stereocenters. The summed E-state index contributed by atoms with van der Waals surface area (Å²) in [4.78, 5) is 15.6. The second-order valence-corrected chi connectivity index (χ2v) is 9.65. The zero-order chi connectivity index (χ0) is 25.0. The topological polar surface area (TPSA) is 101 Å². The Hall–Kier alpha value is -3.01. The smallest absolute Gasteiger partial charge is 0.153 e. The first kappa shape index (κ1) is 24.7. The van der Waals surface area contributed by atoms with Crippen molar-refractivity contribution in [3.8, 4) is 5.75 Å². The quantitative estimate of drug-likeness (QED) is 0.536. The Labute approximate surface area is 212 Å². The lowest BCUT2D eigenvalue weighted by Crippen LogP contribution is -2.47. The molecular weight excluding hydrogens is 458 g/mol. The largest absolute Gasteiger partial charge is 0.488 e. The number of aromatic nitrogens is 1. The van der Waals surface area contributed by atoms with Crippen molar-refractivity contribution in [2.75, 3.05) is 49.7 Å². The fourth-order valence-corrected chi connectivity index (χ4v) is 5.01. The molecule has 36 heavy (non-hydrogen) atoms. The van der Waals surface area contributed by atoms with Crippen LogP contribution >= 0.6 is 0 Å². The molecule has 2 N–H and O–H groups in total. The molecule has 3 fully saturated rings. The van der Waals surface area contributed by atoms with Crippen LogP contribution in [0.15, 0.2) is 40.4 Å². The third kappa shape index (κ3) is 5.38. The molecule has 0 spiro atoms. The zero-order valence-corrected chi connectivity index (χ0v) is 20.9. The summed E-state index contributed by atoms with van der Waals surface area (Å²) >= 11 is 0. The van der Waals surface area contributed by atoms with Gasteiger partial charge in [0.2, 0.25) is 0 Å². The summed E-state index contributed by atoms with van der Waals surface area (Å²) in [7, 11) is 0. The van der Waals surface area contributed by atoms with Gasteiger partial charge in [-0.1, -0.05) is 0 Å². The van der Waals surface area contributed by atoms with Crippen LogP contribution in [0.4, 0.5) is 22.7 Å². The first-order valence-corrected chi connectivity index (χ1v) is 12.7. The van der Waals surface area contributed by atoms with Crippen LogP contribution in [0, 0.1) is 0 Å². The number of pyridine rings is 1. The van der Waals surface area contributed by atoms with Crippen molar-refractivity contribution in [3.05, 3.63) is 36.2 Å². The van der Waals surface area contributed by atoms with Crippen molar-refractivity contribution in [3.63, 3.8) is 0 Å². The minimum atomic E-state index is -0.936. The summed E-state index contributed by atoms with van der Waals surface area (Å²) < 4.78 is 17.2. The first-order valence-electron chi connectivity index (χ1n) is 12.7. The summed E-state index contributed by atoms with van der Waals surface area (Å²) in [6, 6.07) is 8.34. The minimum absolute atomic E-state index is 0.107. The van der Waals surface area contributed by atoms with Crippen molar-refractivity contribution in [2.45, 2.75) is 50.4 Å². The summed E-state index contributed by atoms with van der Waals surface area (Å²) in [6.45, 7) is 9.41. The summed E-state index contributed by atoms with van der Waals surface area (Å²) in [5.74, 6) is 0.740. The van der Waals surface area contributed by atoms with Gasteiger partial charge in [0.1, 0.15) is 11.4 Å². The van der Waals surface area contributed by atoms with E-state index in [9.17, 15) is 5.11 Å². The van der Waals surface area contributed by atoms with Crippen molar-refractivity contribution >= 4 is 35.7 Å². The van der Waals surface area contributed by atoms with Gasteiger partial charge in [-0.25, -0.2) is 0 Å². The third-order valence-electron chi connectivity index (χ3n) is 7.10. The van der Waals surface area contributed by atoms with Gasteiger partial charge in [0, 0.05) is 37.1 Å². The SMILES string of the molecule is C=Nc1c(N=CC)cc(N2CCOCC2)cc1OC1CCC(Nc2ccc(C3(O)COC3)nc2)CC1. The molecule has 2 aromatic rings. The average molecular weight is 494 g/mol. The molecule has 1 aromatic heterocycles. The Balaban J connectivity index is 1.22. The van der Waals surface area contributed by atoms with E-state index < -0.39 is 5.60 Å². The second-order valence-electron chi connectivity index (χ2n) is 9.65. The van der Waals surface area contributed by atoms with E-state index in [1.165, 1.54) is 0 Å². The molecule has 0 atom stereocenters. The van der Waals surface area contributed by atoms with Crippen LogP contribution in [0.1, 0.15) is 38.3 Å². The third-order valence-corrected chi connectivity index (χ3v) is 7.10. The van der Waals surface area contributed by atoms with E-state index >= 15 is 0 Å². The maximum atomic E-state index is 10.4. The van der Waals surface area contributed by atoms with Crippen LogP contribution in [-0.2, 0) is 15.1 Å². The fraction of sp³-hybridized carbons (Fsp3) is 0.519. The summed E-state index contributed by atoms with van der Waals surface area (Å²) in [5.41, 5.74) is 3.23. The highest BCUT2D eigenvalue weighted by Crippen LogP contribution is 2.43. The molecule has 1 aliphatic carbocycles. The van der Waals surface area contributed by atoms with Gasteiger partial charge in [0.05, 0.1) is 55.8 Å². The number of aliphatic hydroxyl groups is 1. The highest BCUT2D eigenvalue weighted by Gasteiger charge is 2.39. The molecule has 0 radical (unpaired) electrons. The molecular formula is C27H35N5O4. The number of ether oxygens (including phenoxy) is 3. The normalized spacial score (nSPS) is 23.8. The molecule has 9 heteroatoms. The van der Waals surface area contributed by atoms with Gasteiger partial charge in [0.25, 0.3) is 0 Å². The molecule has 3 heterocycles. The van der Waals surface area contributed by atoms with Gasteiger partial charge in [-0.3, -0.25) is 15.0 Å². The molecule has 3 aliphatic rings. The molecule has 192 valence electrons. The van der Waals surface area contributed by atoms with E-state index in [-0.39, 0.29) is 6.10 Å². The molecule has 9 nitrogen and oxygen atoms in total. The van der Waals surface area contributed by atoms with Gasteiger partial charge in [0.15, 0.2) is 5.60 Å². The van der Waals surface area contributed by atoms with Crippen molar-refractivity contribution in [1.29, 1.82) is 0 Å². The first-order chi connectivity index (χ1) is 17.6. The van der Waals surface area contributed by atoms with Gasteiger partial charge in [-0.15, -0.1) is 0 Å². The van der Waals surface area contributed by atoms with Gasteiger partial charge in [-0.2, -0.15) is 0 Å². The Bertz CT molecular complexity index is 1070. The van der Waals surface area contributed by atoms with Crippen molar-refractivity contribution < 1.29 is 19.3 Å². The van der Waals surface area contributed by atoms with Gasteiger partial charge in [-0.05, 0) is 57.5 Å². The van der Waals surface area contributed by atoms with Gasteiger partial charge < -0.3 is 29.5 Å². The van der Waals surface area contributed by atoms with Crippen molar-refractivity contribution in [1.82, 2.24) is 4.98 Å². The van der Waals surface area contributed by atoms with E-state index in [0.29, 0.717) is 43.9 Å². The molecule has 0 bridgehead atoms. The highest BCUT2D eigenvalue weighted by atomic mass is 16.5. The maximum absolute atomic E-state index is 10.4. The van der Waals surface area contributed by atoms with E-state index in [0.717, 1.165) is 61.6 Å². The maximum Gasteiger partial charge on any atom is 0.153 e. The Morgan fingerprint density at radius 2 is 1.94 bits per heavy atom. The zero-order valence-electron chi connectivity index (χ0n) is 20.9. The molecule has 1 aromatic carbocycles. The average Bonchev–Trinajstić information content (AvgIpc) is 2.89. The van der Waals surface area contributed by atoms with Crippen molar-refractivity contribution in [2.24, 2.45) is 9.98 Å². The number of morpholine rings is 1. The Kier molecular flexibility index (Phi) is 7.50. The lowest BCUT2D eigenvalue weighted by molar-refractivity contribution is -0.186. The molecule has 5 rings (SSSR count). The monoisotopic (exact) mass is 493 g/mol. The molecule has 2 saturated heterocycles. The standard InChI is InChI=1S/C27H35N5O4/c1-3-29-23-14-21(32-10-12-34-13-11-32)15-24(26(23)28-2)36-22-7-4-19(5-8-22)31-20-6-9-25(30-16-20)27(33)17-35-18-27/h3,6,9,14-16,19,22,31,33H,2,4-5,7-8,10-13,17-18H2,1H3. The molecule has 1 saturated carbocycles. The lowest BCUT2D eigenvalue weighted by atomic mass is 9.92. The van der Waals surface area contributed by atoms with E-state index in [1.807, 2.05) is 19.1 Å². The second kappa shape index (κ2) is 10.9.